The molecule has 2 nitrogen and oxygen atoms in total. The Balaban J connectivity index is 3.05. The minimum absolute atomic E-state index is 0.165. The summed E-state index contributed by atoms with van der Waals surface area (Å²) in [4.78, 5) is 2.02. The molecule has 1 rings (SSSR count). The van der Waals surface area contributed by atoms with Crippen LogP contribution >= 0.6 is 11.6 Å². The summed E-state index contributed by atoms with van der Waals surface area (Å²) in [7, 11) is 3.93. The van der Waals surface area contributed by atoms with E-state index < -0.39 is 0 Å². The first kappa shape index (κ1) is 10.4. The second kappa shape index (κ2) is 3.99. The molecule has 0 aliphatic carbocycles. The van der Waals surface area contributed by atoms with Crippen molar-refractivity contribution < 1.29 is 5.11 Å². The topological polar surface area (TPSA) is 23.5 Å². The van der Waals surface area contributed by atoms with Gasteiger partial charge in [-0.05, 0) is 39.2 Å². The molecule has 0 heterocycles. The molecule has 72 valence electrons. The van der Waals surface area contributed by atoms with Crippen molar-refractivity contribution in [2.24, 2.45) is 0 Å². The van der Waals surface area contributed by atoms with E-state index in [1.807, 2.05) is 25.9 Å². The van der Waals surface area contributed by atoms with Gasteiger partial charge in [-0.25, -0.2) is 0 Å². The first-order valence-electron chi connectivity index (χ1n) is 4.17. The fourth-order valence-electron chi connectivity index (χ4n) is 1.14. The van der Waals surface area contributed by atoms with Crippen LogP contribution in [-0.4, -0.2) is 24.1 Å². The van der Waals surface area contributed by atoms with E-state index in [1.165, 1.54) is 0 Å². The lowest BCUT2D eigenvalue weighted by Gasteiger charge is -2.21. The van der Waals surface area contributed by atoms with Crippen molar-refractivity contribution in [1.29, 1.82) is 0 Å². The number of rotatable bonds is 2. The van der Waals surface area contributed by atoms with Gasteiger partial charge in [-0.15, -0.1) is 0 Å². The smallest absolute Gasteiger partial charge is 0.120 e. The Hall–Kier alpha value is -0.730. The predicted molar refractivity (Wildman–Crippen MR) is 55.2 cm³/mol. The second-order valence-electron chi connectivity index (χ2n) is 3.34. The molecule has 1 aromatic carbocycles. The molecule has 1 aromatic rings. The van der Waals surface area contributed by atoms with E-state index in [9.17, 15) is 5.11 Å². The van der Waals surface area contributed by atoms with Gasteiger partial charge in [-0.2, -0.15) is 0 Å². The first-order chi connectivity index (χ1) is 6.02. The summed E-state index contributed by atoms with van der Waals surface area (Å²) in [6.07, 6.45) is 0. The number of benzene rings is 1. The van der Waals surface area contributed by atoms with Gasteiger partial charge in [0.05, 0.1) is 0 Å². The third-order valence-corrected chi connectivity index (χ3v) is 2.45. The fourth-order valence-corrected chi connectivity index (χ4v) is 1.32. The average Bonchev–Trinajstić information content (AvgIpc) is 2.08. The number of phenolic OH excluding ortho intramolecular Hbond substituents is 1. The van der Waals surface area contributed by atoms with Gasteiger partial charge < -0.3 is 10.0 Å². The Morgan fingerprint density at radius 2 is 2.00 bits per heavy atom. The Bertz CT molecular complexity index is 299. The standard InChI is InChI=1S/C10H14ClNO/c1-7(12(2)3)9-6-8(11)4-5-10(9)13/h4-7,13H,1-3H3. The predicted octanol–water partition coefficient (Wildman–Crippen LogP) is 2.67. The molecule has 1 N–H and O–H groups in total. The summed E-state index contributed by atoms with van der Waals surface area (Å²) in [6.45, 7) is 2.02. The van der Waals surface area contributed by atoms with Crippen LogP contribution in [-0.2, 0) is 0 Å². The zero-order valence-electron chi connectivity index (χ0n) is 8.08. The zero-order valence-corrected chi connectivity index (χ0v) is 8.84. The second-order valence-corrected chi connectivity index (χ2v) is 3.78. The van der Waals surface area contributed by atoms with E-state index in [0.717, 1.165) is 5.56 Å². The molecular formula is C10H14ClNO. The molecule has 0 saturated heterocycles. The first-order valence-corrected chi connectivity index (χ1v) is 4.55. The SMILES string of the molecule is CC(c1cc(Cl)ccc1O)N(C)C. The third kappa shape index (κ3) is 2.36. The summed E-state index contributed by atoms with van der Waals surface area (Å²) in [6, 6.07) is 5.26. The van der Waals surface area contributed by atoms with Crippen molar-refractivity contribution in [3.05, 3.63) is 28.8 Å². The molecule has 0 radical (unpaired) electrons. The van der Waals surface area contributed by atoms with Crippen LogP contribution in [0.1, 0.15) is 18.5 Å². The van der Waals surface area contributed by atoms with Crippen LogP contribution < -0.4 is 0 Å². The summed E-state index contributed by atoms with van der Waals surface area (Å²) in [5.41, 5.74) is 0.859. The molecule has 3 heteroatoms. The van der Waals surface area contributed by atoms with Crippen LogP contribution in [0.15, 0.2) is 18.2 Å². The number of aromatic hydroxyl groups is 1. The Labute approximate surface area is 83.7 Å². The van der Waals surface area contributed by atoms with Gasteiger partial charge in [-0.3, -0.25) is 0 Å². The van der Waals surface area contributed by atoms with Crippen molar-refractivity contribution in [2.45, 2.75) is 13.0 Å². The fraction of sp³-hybridized carbons (Fsp3) is 0.400. The van der Waals surface area contributed by atoms with Crippen LogP contribution in [0, 0.1) is 0 Å². The van der Waals surface area contributed by atoms with Crippen LogP contribution in [0.3, 0.4) is 0 Å². The molecule has 0 aliphatic rings. The number of phenols is 1. The normalized spacial score (nSPS) is 13.3. The molecule has 0 spiro atoms. The number of hydrogen-bond acceptors (Lipinski definition) is 2. The van der Waals surface area contributed by atoms with E-state index in [2.05, 4.69) is 0 Å². The molecular weight excluding hydrogens is 186 g/mol. The molecule has 0 amide bonds. The highest BCUT2D eigenvalue weighted by atomic mass is 35.5. The van der Waals surface area contributed by atoms with Crippen LogP contribution in [0.5, 0.6) is 5.75 Å². The quantitative estimate of drug-likeness (QED) is 0.792. The van der Waals surface area contributed by atoms with Crippen LogP contribution in [0.25, 0.3) is 0 Å². The summed E-state index contributed by atoms with van der Waals surface area (Å²) < 4.78 is 0. The van der Waals surface area contributed by atoms with Crippen LogP contribution in [0.2, 0.25) is 5.02 Å². The van der Waals surface area contributed by atoms with Crippen molar-refractivity contribution >= 4 is 11.6 Å². The number of halogens is 1. The van der Waals surface area contributed by atoms with Gasteiger partial charge >= 0.3 is 0 Å². The van der Waals surface area contributed by atoms with Crippen molar-refractivity contribution in [3.8, 4) is 5.75 Å². The zero-order chi connectivity index (χ0) is 10.0. The minimum Gasteiger partial charge on any atom is -0.508 e. The molecule has 1 unspecified atom stereocenters. The molecule has 0 bridgehead atoms. The third-order valence-electron chi connectivity index (χ3n) is 2.21. The lowest BCUT2D eigenvalue weighted by molar-refractivity contribution is 0.312. The van der Waals surface area contributed by atoms with E-state index in [0.29, 0.717) is 10.8 Å². The molecule has 0 saturated carbocycles. The highest BCUT2D eigenvalue weighted by Gasteiger charge is 2.12. The molecule has 0 fully saturated rings. The van der Waals surface area contributed by atoms with Gasteiger partial charge in [0.2, 0.25) is 0 Å². The van der Waals surface area contributed by atoms with E-state index in [4.69, 9.17) is 11.6 Å². The maximum atomic E-state index is 9.57. The van der Waals surface area contributed by atoms with Crippen LogP contribution in [0.4, 0.5) is 0 Å². The van der Waals surface area contributed by atoms with E-state index in [-0.39, 0.29) is 6.04 Å². The average molecular weight is 200 g/mol. The van der Waals surface area contributed by atoms with E-state index >= 15 is 0 Å². The highest BCUT2D eigenvalue weighted by molar-refractivity contribution is 6.30. The van der Waals surface area contributed by atoms with Crippen molar-refractivity contribution in [3.63, 3.8) is 0 Å². The van der Waals surface area contributed by atoms with Gasteiger partial charge in [0, 0.05) is 16.6 Å². The largest absolute Gasteiger partial charge is 0.508 e. The number of nitrogens with zero attached hydrogens (tertiary/aromatic N) is 1. The summed E-state index contributed by atoms with van der Waals surface area (Å²) in [5, 5.41) is 10.2. The van der Waals surface area contributed by atoms with Crippen molar-refractivity contribution in [2.75, 3.05) is 14.1 Å². The summed E-state index contributed by atoms with van der Waals surface area (Å²) >= 11 is 5.84. The Kier molecular flexibility index (Phi) is 3.17. The van der Waals surface area contributed by atoms with Gasteiger partial charge in [0.15, 0.2) is 0 Å². The molecule has 1 atom stereocenters. The monoisotopic (exact) mass is 199 g/mol. The summed E-state index contributed by atoms with van der Waals surface area (Å²) in [5.74, 6) is 0.297. The lowest BCUT2D eigenvalue weighted by Crippen LogP contribution is -2.16. The van der Waals surface area contributed by atoms with Gasteiger partial charge in [0.25, 0.3) is 0 Å². The molecule has 0 aliphatic heterocycles. The lowest BCUT2D eigenvalue weighted by atomic mass is 10.1. The number of hydrogen-bond donors (Lipinski definition) is 1. The van der Waals surface area contributed by atoms with Gasteiger partial charge in [0.1, 0.15) is 5.75 Å². The Morgan fingerprint density at radius 1 is 1.38 bits per heavy atom. The molecule has 0 aromatic heterocycles. The van der Waals surface area contributed by atoms with Gasteiger partial charge in [-0.1, -0.05) is 11.6 Å². The molecule has 13 heavy (non-hydrogen) atoms. The minimum atomic E-state index is 0.165. The maximum absolute atomic E-state index is 9.57. The van der Waals surface area contributed by atoms with E-state index in [1.54, 1.807) is 18.2 Å². The maximum Gasteiger partial charge on any atom is 0.120 e. The van der Waals surface area contributed by atoms with Crippen molar-refractivity contribution in [1.82, 2.24) is 4.90 Å². The highest BCUT2D eigenvalue weighted by Crippen LogP contribution is 2.29. The Morgan fingerprint density at radius 3 is 2.54 bits per heavy atom.